The molecule has 20 heavy (non-hydrogen) atoms. The molecule has 106 valence electrons. The first kappa shape index (κ1) is 15.3. The molecule has 1 nitrogen and oxygen atoms in total. The molecule has 0 bridgehead atoms. The first-order valence-corrected chi connectivity index (χ1v) is 8.00. The van der Waals surface area contributed by atoms with E-state index >= 15 is 0 Å². The maximum absolute atomic E-state index is 3.54. The van der Waals surface area contributed by atoms with Crippen molar-refractivity contribution in [2.75, 3.05) is 7.05 Å². The van der Waals surface area contributed by atoms with Gasteiger partial charge in [0.25, 0.3) is 0 Å². The van der Waals surface area contributed by atoms with Crippen LogP contribution in [-0.4, -0.2) is 13.1 Å². The number of hydrogen-bond donors (Lipinski definition) is 1. The van der Waals surface area contributed by atoms with Gasteiger partial charge in [0, 0.05) is 10.5 Å². The lowest BCUT2D eigenvalue weighted by atomic mass is 9.98. The first-order valence-electron chi connectivity index (χ1n) is 7.20. The van der Waals surface area contributed by atoms with Crippen LogP contribution in [-0.2, 0) is 19.3 Å². The minimum Gasteiger partial charge on any atom is -0.316 e. The molecule has 0 heterocycles. The molecule has 0 saturated heterocycles. The third-order valence-corrected chi connectivity index (χ3v) is 4.19. The Hall–Kier alpha value is -1.12. The first-order chi connectivity index (χ1) is 9.71. The second kappa shape index (κ2) is 7.61. The van der Waals surface area contributed by atoms with Gasteiger partial charge in [0.05, 0.1) is 0 Å². The van der Waals surface area contributed by atoms with Gasteiger partial charge >= 0.3 is 0 Å². The zero-order chi connectivity index (χ0) is 14.4. The number of benzene rings is 2. The zero-order valence-electron chi connectivity index (χ0n) is 12.2. The van der Waals surface area contributed by atoms with E-state index in [2.05, 4.69) is 76.7 Å². The molecule has 0 radical (unpaired) electrons. The van der Waals surface area contributed by atoms with Crippen molar-refractivity contribution in [3.63, 3.8) is 0 Å². The molecule has 1 unspecified atom stereocenters. The van der Waals surface area contributed by atoms with Crippen LogP contribution in [0.2, 0.25) is 0 Å². The second-order valence-electron chi connectivity index (χ2n) is 5.19. The van der Waals surface area contributed by atoms with Gasteiger partial charge in [-0.3, -0.25) is 0 Å². The molecule has 0 aliphatic rings. The minimum absolute atomic E-state index is 0.469. The van der Waals surface area contributed by atoms with Crippen molar-refractivity contribution in [3.8, 4) is 0 Å². The van der Waals surface area contributed by atoms with Gasteiger partial charge in [-0.05, 0) is 55.1 Å². The quantitative estimate of drug-likeness (QED) is 0.827. The van der Waals surface area contributed by atoms with Crippen LogP contribution in [0.3, 0.4) is 0 Å². The fourth-order valence-electron chi connectivity index (χ4n) is 2.42. The summed E-state index contributed by atoms with van der Waals surface area (Å²) >= 11 is 3.54. The predicted molar refractivity (Wildman–Crippen MR) is 90.2 cm³/mol. The van der Waals surface area contributed by atoms with Gasteiger partial charge in [-0.2, -0.15) is 0 Å². The zero-order valence-corrected chi connectivity index (χ0v) is 13.8. The number of aryl methyl sites for hydroxylation is 1. The fourth-order valence-corrected chi connectivity index (χ4v) is 2.87. The topological polar surface area (TPSA) is 12.0 Å². The third-order valence-electron chi connectivity index (χ3n) is 3.69. The number of hydrogen-bond acceptors (Lipinski definition) is 1. The Kier molecular flexibility index (Phi) is 5.81. The van der Waals surface area contributed by atoms with Crippen LogP contribution in [0.5, 0.6) is 0 Å². The molecule has 2 rings (SSSR count). The summed E-state index contributed by atoms with van der Waals surface area (Å²) in [7, 11) is 2.04. The van der Waals surface area contributed by atoms with E-state index in [9.17, 15) is 0 Å². The van der Waals surface area contributed by atoms with Crippen molar-refractivity contribution in [1.29, 1.82) is 0 Å². The molecule has 2 aromatic carbocycles. The predicted octanol–water partition coefficient (Wildman–Crippen LogP) is 4.38. The standard InChI is InChI=1S/C18H22BrN/c1-3-14-7-9-15(10-8-14)12-18(20-2)13-16-5-4-6-17(19)11-16/h4-11,18,20H,3,12-13H2,1-2H3. The number of nitrogens with one attached hydrogen (secondary N) is 1. The van der Waals surface area contributed by atoms with Gasteiger partial charge in [-0.1, -0.05) is 59.3 Å². The van der Waals surface area contributed by atoms with Crippen molar-refractivity contribution in [1.82, 2.24) is 5.32 Å². The van der Waals surface area contributed by atoms with E-state index < -0.39 is 0 Å². The summed E-state index contributed by atoms with van der Waals surface area (Å²) in [4.78, 5) is 0. The summed E-state index contributed by atoms with van der Waals surface area (Å²) in [5, 5.41) is 3.43. The van der Waals surface area contributed by atoms with E-state index in [1.54, 1.807) is 0 Å². The Morgan fingerprint density at radius 3 is 2.20 bits per heavy atom. The monoisotopic (exact) mass is 331 g/mol. The lowest BCUT2D eigenvalue weighted by Crippen LogP contribution is -2.29. The van der Waals surface area contributed by atoms with Gasteiger partial charge in [0.2, 0.25) is 0 Å². The number of halogens is 1. The highest BCUT2D eigenvalue weighted by molar-refractivity contribution is 9.10. The van der Waals surface area contributed by atoms with E-state index in [-0.39, 0.29) is 0 Å². The van der Waals surface area contributed by atoms with Gasteiger partial charge < -0.3 is 5.32 Å². The van der Waals surface area contributed by atoms with Crippen molar-refractivity contribution in [2.45, 2.75) is 32.2 Å². The fraction of sp³-hybridized carbons (Fsp3) is 0.333. The number of likely N-dealkylation sites (N-methyl/N-ethyl adjacent to an activating group) is 1. The van der Waals surface area contributed by atoms with Crippen LogP contribution in [0.25, 0.3) is 0 Å². The molecule has 0 spiro atoms. The van der Waals surface area contributed by atoms with Crippen LogP contribution in [0, 0.1) is 0 Å². The molecular formula is C18H22BrN. The van der Waals surface area contributed by atoms with Gasteiger partial charge in [0.1, 0.15) is 0 Å². The summed E-state index contributed by atoms with van der Waals surface area (Å²) in [6.45, 7) is 2.19. The van der Waals surface area contributed by atoms with Crippen LogP contribution >= 0.6 is 15.9 Å². The molecule has 0 aliphatic heterocycles. The maximum Gasteiger partial charge on any atom is 0.0178 e. The van der Waals surface area contributed by atoms with Crippen molar-refractivity contribution in [2.24, 2.45) is 0 Å². The lowest BCUT2D eigenvalue weighted by molar-refractivity contribution is 0.556. The highest BCUT2D eigenvalue weighted by Crippen LogP contribution is 2.15. The van der Waals surface area contributed by atoms with Crippen LogP contribution in [0.15, 0.2) is 53.0 Å². The molecule has 0 amide bonds. The second-order valence-corrected chi connectivity index (χ2v) is 6.11. The molecule has 0 aromatic heterocycles. The van der Waals surface area contributed by atoms with Crippen LogP contribution in [0.4, 0.5) is 0 Å². The molecule has 0 saturated carbocycles. The van der Waals surface area contributed by atoms with E-state index in [0.29, 0.717) is 6.04 Å². The van der Waals surface area contributed by atoms with Crippen LogP contribution in [0.1, 0.15) is 23.6 Å². The average molecular weight is 332 g/mol. The van der Waals surface area contributed by atoms with Gasteiger partial charge in [-0.25, -0.2) is 0 Å². The number of rotatable bonds is 6. The Balaban J connectivity index is 2.01. The minimum atomic E-state index is 0.469. The van der Waals surface area contributed by atoms with Crippen molar-refractivity contribution < 1.29 is 0 Å². The molecule has 2 aromatic rings. The molecule has 0 aliphatic carbocycles. The molecule has 1 N–H and O–H groups in total. The average Bonchev–Trinajstić information content (AvgIpc) is 2.47. The lowest BCUT2D eigenvalue weighted by Gasteiger charge is -2.17. The third kappa shape index (κ3) is 4.46. The summed E-state index contributed by atoms with van der Waals surface area (Å²) in [6.07, 6.45) is 3.21. The Morgan fingerprint density at radius 1 is 0.950 bits per heavy atom. The molecular weight excluding hydrogens is 310 g/mol. The Morgan fingerprint density at radius 2 is 1.60 bits per heavy atom. The summed E-state index contributed by atoms with van der Waals surface area (Å²) < 4.78 is 1.15. The maximum atomic E-state index is 3.54. The molecule has 2 heteroatoms. The SMILES string of the molecule is CCc1ccc(CC(Cc2cccc(Br)c2)NC)cc1. The summed E-state index contributed by atoms with van der Waals surface area (Å²) in [6, 6.07) is 18.0. The summed E-state index contributed by atoms with van der Waals surface area (Å²) in [5.41, 5.74) is 4.17. The Bertz CT molecular complexity index is 533. The summed E-state index contributed by atoms with van der Waals surface area (Å²) in [5.74, 6) is 0. The van der Waals surface area contributed by atoms with E-state index in [0.717, 1.165) is 23.7 Å². The van der Waals surface area contributed by atoms with E-state index in [1.165, 1.54) is 16.7 Å². The Labute approximate surface area is 130 Å². The van der Waals surface area contributed by atoms with E-state index in [1.807, 2.05) is 7.05 Å². The van der Waals surface area contributed by atoms with E-state index in [4.69, 9.17) is 0 Å². The largest absolute Gasteiger partial charge is 0.316 e. The smallest absolute Gasteiger partial charge is 0.0178 e. The van der Waals surface area contributed by atoms with Gasteiger partial charge in [0.15, 0.2) is 0 Å². The molecule has 0 fully saturated rings. The molecule has 1 atom stereocenters. The highest BCUT2D eigenvalue weighted by atomic mass is 79.9. The van der Waals surface area contributed by atoms with Crippen molar-refractivity contribution >= 4 is 15.9 Å². The van der Waals surface area contributed by atoms with Gasteiger partial charge in [-0.15, -0.1) is 0 Å². The van der Waals surface area contributed by atoms with Crippen molar-refractivity contribution in [3.05, 3.63) is 69.7 Å². The highest BCUT2D eigenvalue weighted by Gasteiger charge is 2.08. The normalized spacial score (nSPS) is 12.3. The van der Waals surface area contributed by atoms with Crippen LogP contribution < -0.4 is 5.32 Å².